The molecule has 1 aromatic rings. The SMILES string of the molecule is CCOC1CC(Nc2cc(Br)ccc2C#N)C12CCC2. The van der Waals surface area contributed by atoms with E-state index in [2.05, 4.69) is 34.2 Å². The summed E-state index contributed by atoms with van der Waals surface area (Å²) in [6.45, 7) is 2.86. The number of anilines is 1. The van der Waals surface area contributed by atoms with Crippen molar-refractivity contribution in [1.29, 1.82) is 5.26 Å². The number of rotatable bonds is 4. The minimum atomic E-state index is 0.311. The van der Waals surface area contributed by atoms with Crippen LogP contribution in [-0.2, 0) is 4.74 Å². The third-order valence-corrected chi connectivity index (χ3v) is 5.36. The molecular weight excluding hydrogens is 316 g/mol. The Labute approximate surface area is 128 Å². The van der Waals surface area contributed by atoms with Crippen molar-refractivity contribution in [2.24, 2.45) is 5.41 Å². The van der Waals surface area contributed by atoms with E-state index in [0.717, 1.165) is 23.2 Å². The first kappa shape index (κ1) is 13.9. The summed E-state index contributed by atoms with van der Waals surface area (Å²) in [6.07, 6.45) is 5.23. The van der Waals surface area contributed by atoms with Crippen LogP contribution in [0, 0.1) is 16.7 Å². The highest BCUT2D eigenvalue weighted by molar-refractivity contribution is 9.10. The highest BCUT2D eigenvalue weighted by Crippen LogP contribution is 2.58. The Morgan fingerprint density at radius 3 is 2.90 bits per heavy atom. The van der Waals surface area contributed by atoms with Crippen LogP contribution in [0.5, 0.6) is 0 Å². The van der Waals surface area contributed by atoms with Crippen LogP contribution < -0.4 is 5.32 Å². The van der Waals surface area contributed by atoms with Gasteiger partial charge in [0.1, 0.15) is 6.07 Å². The normalized spacial score (nSPS) is 26.4. The third kappa shape index (κ3) is 2.13. The lowest BCUT2D eigenvalue weighted by atomic mass is 9.51. The van der Waals surface area contributed by atoms with Crippen molar-refractivity contribution >= 4 is 21.6 Å². The zero-order chi connectivity index (χ0) is 14.2. The van der Waals surface area contributed by atoms with Crippen molar-refractivity contribution in [2.75, 3.05) is 11.9 Å². The van der Waals surface area contributed by atoms with Gasteiger partial charge in [-0.3, -0.25) is 0 Å². The summed E-state index contributed by atoms with van der Waals surface area (Å²) in [7, 11) is 0. The first-order valence-corrected chi connectivity index (χ1v) is 8.06. The van der Waals surface area contributed by atoms with Crippen LogP contribution in [0.4, 0.5) is 5.69 Å². The van der Waals surface area contributed by atoms with Crippen LogP contribution in [0.25, 0.3) is 0 Å². The Hall–Kier alpha value is -1.05. The number of ether oxygens (including phenoxy) is 1. The molecular formula is C16H19BrN2O. The van der Waals surface area contributed by atoms with Gasteiger partial charge in [0, 0.05) is 22.5 Å². The highest BCUT2D eigenvalue weighted by Gasteiger charge is 2.58. The summed E-state index contributed by atoms with van der Waals surface area (Å²) >= 11 is 3.48. The van der Waals surface area contributed by atoms with Crippen molar-refractivity contribution in [1.82, 2.24) is 0 Å². The van der Waals surface area contributed by atoms with Gasteiger partial charge in [0.15, 0.2) is 0 Å². The first-order valence-electron chi connectivity index (χ1n) is 7.27. The monoisotopic (exact) mass is 334 g/mol. The lowest BCUT2D eigenvalue weighted by Crippen LogP contribution is -2.64. The second kappa shape index (κ2) is 5.38. The number of nitrogens with zero attached hydrogens (tertiary/aromatic N) is 1. The molecule has 0 bridgehead atoms. The molecule has 2 atom stereocenters. The summed E-state index contributed by atoms with van der Waals surface area (Å²) in [5, 5.41) is 12.8. The predicted molar refractivity (Wildman–Crippen MR) is 82.6 cm³/mol. The Balaban J connectivity index is 1.76. The maximum atomic E-state index is 9.22. The molecule has 0 radical (unpaired) electrons. The molecule has 20 heavy (non-hydrogen) atoms. The molecule has 0 amide bonds. The number of hydrogen-bond acceptors (Lipinski definition) is 3. The molecule has 3 nitrogen and oxygen atoms in total. The molecule has 0 heterocycles. The molecule has 2 aliphatic rings. The van der Waals surface area contributed by atoms with E-state index in [0.29, 0.717) is 23.1 Å². The molecule has 2 aliphatic carbocycles. The Bertz CT molecular complexity index is 548. The quantitative estimate of drug-likeness (QED) is 0.902. The molecule has 0 saturated heterocycles. The van der Waals surface area contributed by atoms with Gasteiger partial charge >= 0.3 is 0 Å². The van der Waals surface area contributed by atoms with Crippen LogP contribution >= 0.6 is 15.9 Å². The van der Waals surface area contributed by atoms with Gasteiger partial charge in [-0.1, -0.05) is 22.4 Å². The third-order valence-electron chi connectivity index (χ3n) is 4.87. The van der Waals surface area contributed by atoms with E-state index >= 15 is 0 Å². The van der Waals surface area contributed by atoms with Crippen LogP contribution in [0.15, 0.2) is 22.7 Å². The first-order chi connectivity index (χ1) is 9.69. The average Bonchev–Trinajstić information content (AvgIpc) is 2.35. The van der Waals surface area contributed by atoms with E-state index < -0.39 is 0 Å². The maximum absolute atomic E-state index is 9.22. The maximum Gasteiger partial charge on any atom is 0.101 e. The van der Waals surface area contributed by atoms with Crippen LogP contribution in [0.2, 0.25) is 0 Å². The summed E-state index contributed by atoms with van der Waals surface area (Å²) in [5.74, 6) is 0. The van der Waals surface area contributed by atoms with Crippen molar-refractivity contribution in [3.05, 3.63) is 28.2 Å². The molecule has 0 aliphatic heterocycles. The molecule has 1 aromatic carbocycles. The Morgan fingerprint density at radius 2 is 2.30 bits per heavy atom. The van der Waals surface area contributed by atoms with E-state index in [9.17, 15) is 5.26 Å². The number of nitrogens with one attached hydrogen (secondary N) is 1. The Kier molecular flexibility index (Phi) is 3.74. The second-order valence-corrected chi connectivity index (χ2v) is 6.68. The minimum Gasteiger partial charge on any atom is -0.380 e. The lowest BCUT2D eigenvalue weighted by molar-refractivity contribution is -0.157. The summed E-state index contributed by atoms with van der Waals surface area (Å²) in [5.41, 5.74) is 1.96. The number of nitriles is 1. The fourth-order valence-corrected chi connectivity index (χ4v) is 3.92. The number of halogens is 1. The minimum absolute atomic E-state index is 0.311. The molecule has 3 rings (SSSR count). The predicted octanol–water partition coefficient (Wildman–Crippen LogP) is 4.08. The smallest absolute Gasteiger partial charge is 0.101 e. The summed E-state index contributed by atoms with van der Waals surface area (Å²) in [6, 6.07) is 8.47. The van der Waals surface area contributed by atoms with Gasteiger partial charge in [-0.15, -0.1) is 0 Å². The lowest BCUT2D eigenvalue weighted by Gasteiger charge is -2.61. The molecule has 4 heteroatoms. The van der Waals surface area contributed by atoms with E-state index in [-0.39, 0.29) is 0 Å². The van der Waals surface area contributed by atoms with Gasteiger partial charge < -0.3 is 10.1 Å². The van der Waals surface area contributed by atoms with Crippen molar-refractivity contribution in [3.63, 3.8) is 0 Å². The second-order valence-electron chi connectivity index (χ2n) is 5.77. The molecule has 2 unspecified atom stereocenters. The van der Waals surface area contributed by atoms with Crippen LogP contribution in [-0.4, -0.2) is 18.8 Å². The zero-order valence-electron chi connectivity index (χ0n) is 11.7. The van der Waals surface area contributed by atoms with E-state index in [1.807, 2.05) is 18.2 Å². The van der Waals surface area contributed by atoms with Gasteiger partial charge in [-0.25, -0.2) is 0 Å². The van der Waals surface area contributed by atoms with E-state index in [1.54, 1.807) is 0 Å². The van der Waals surface area contributed by atoms with Crippen molar-refractivity contribution < 1.29 is 4.74 Å². The molecule has 2 fully saturated rings. The number of hydrogen-bond donors (Lipinski definition) is 1. The van der Waals surface area contributed by atoms with Crippen LogP contribution in [0.3, 0.4) is 0 Å². The van der Waals surface area contributed by atoms with Gasteiger partial charge in [0.2, 0.25) is 0 Å². The van der Waals surface area contributed by atoms with Crippen LogP contribution in [0.1, 0.15) is 38.2 Å². The molecule has 0 aromatic heterocycles. The highest BCUT2D eigenvalue weighted by atomic mass is 79.9. The van der Waals surface area contributed by atoms with E-state index in [1.165, 1.54) is 19.3 Å². The van der Waals surface area contributed by atoms with Gasteiger partial charge in [0.05, 0.1) is 17.4 Å². The average molecular weight is 335 g/mol. The topological polar surface area (TPSA) is 45.0 Å². The van der Waals surface area contributed by atoms with Gasteiger partial charge in [0.25, 0.3) is 0 Å². The van der Waals surface area contributed by atoms with E-state index in [4.69, 9.17) is 4.74 Å². The molecule has 106 valence electrons. The molecule has 1 N–H and O–H groups in total. The van der Waals surface area contributed by atoms with Crippen molar-refractivity contribution in [3.8, 4) is 6.07 Å². The molecule has 1 spiro atoms. The zero-order valence-corrected chi connectivity index (χ0v) is 13.2. The summed E-state index contributed by atoms with van der Waals surface area (Å²) in [4.78, 5) is 0. The fraction of sp³-hybridized carbons (Fsp3) is 0.562. The standard InChI is InChI=1S/C16H19BrN2O/c1-2-20-15-9-14(16(15)6-3-7-16)19-13-8-12(17)5-4-11(13)10-18/h4-5,8,14-15,19H,2-3,6-7,9H2,1H3. The van der Waals surface area contributed by atoms with Gasteiger partial charge in [-0.2, -0.15) is 5.26 Å². The largest absolute Gasteiger partial charge is 0.380 e. The van der Waals surface area contributed by atoms with Crippen molar-refractivity contribution in [2.45, 2.75) is 44.8 Å². The fourth-order valence-electron chi connectivity index (χ4n) is 3.56. The summed E-state index contributed by atoms with van der Waals surface area (Å²) < 4.78 is 6.87. The van der Waals surface area contributed by atoms with Gasteiger partial charge in [-0.05, 0) is 44.4 Å². The molecule has 2 saturated carbocycles. The Morgan fingerprint density at radius 1 is 1.50 bits per heavy atom. The number of benzene rings is 1.